The molecule has 0 bridgehead atoms. The second-order valence-electron chi connectivity index (χ2n) is 7.12. The van der Waals surface area contributed by atoms with Gasteiger partial charge in [0.2, 0.25) is 11.7 Å². The number of tetrazole rings is 1. The number of benzene rings is 2. The number of rotatable bonds is 7. The van der Waals surface area contributed by atoms with Crippen LogP contribution in [0.3, 0.4) is 0 Å². The maximum atomic E-state index is 12.8. The lowest BCUT2D eigenvalue weighted by molar-refractivity contribution is -0.117. The molecule has 4 rings (SSSR count). The number of hydrogen-bond donors (Lipinski definition) is 2. The molecule has 2 heterocycles. The first-order valence-corrected chi connectivity index (χ1v) is 12.0. The molecule has 0 aliphatic carbocycles. The summed E-state index contributed by atoms with van der Waals surface area (Å²) in [5.74, 6) is 0.0451. The van der Waals surface area contributed by atoms with Crippen molar-refractivity contribution >= 4 is 38.6 Å². The Morgan fingerprint density at radius 2 is 1.94 bits per heavy atom. The van der Waals surface area contributed by atoms with E-state index in [1.165, 1.54) is 28.3 Å². The molecule has 2 aromatic carbocycles. The normalized spacial score (nSPS) is 11.3. The fraction of sp³-hybridized carbons (Fsp3) is 0.143. The number of anilines is 2. The van der Waals surface area contributed by atoms with Gasteiger partial charge in [0.25, 0.3) is 10.0 Å². The topological polar surface area (TPSA) is 119 Å². The van der Waals surface area contributed by atoms with Gasteiger partial charge >= 0.3 is 0 Å². The van der Waals surface area contributed by atoms with Crippen LogP contribution in [0, 0.1) is 13.8 Å². The molecule has 0 saturated heterocycles. The molecule has 4 aromatic rings. The van der Waals surface area contributed by atoms with Crippen molar-refractivity contribution in [3.63, 3.8) is 0 Å². The predicted molar refractivity (Wildman–Crippen MR) is 123 cm³/mol. The van der Waals surface area contributed by atoms with Gasteiger partial charge in [-0.15, -0.1) is 21.5 Å². The second-order valence-corrected chi connectivity index (χ2v) is 9.75. The van der Waals surface area contributed by atoms with Crippen LogP contribution in [0.25, 0.3) is 10.7 Å². The summed E-state index contributed by atoms with van der Waals surface area (Å²) in [5, 5.41) is 16.7. The van der Waals surface area contributed by atoms with Gasteiger partial charge in [-0.1, -0.05) is 24.3 Å². The summed E-state index contributed by atoms with van der Waals surface area (Å²) in [6, 6.07) is 15.4. The lowest BCUT2D eigenvalue weighted by Crippen LogP contribution is -2.21. The Morgan fingerprint density at radius 3 is 2.69 bits per heavy atom. The van der Waals surface area contributed by atoms with E-state index in [0.29, 0.717) is 17.2 Å². The van der Waals surface area contributed by atoms with Gasteiger partial charge in [0, 0.05) is 11.4 Å². The van der Waals surface area contributed by atoms with Crippen molar-refractivity contribution in [2.24, 2.45) is 0 Å². The zero-order chi connectivity index (χ0) is 22.7. The lowest BCUT2D eigenvalue weighted by atomic mass is 10.2. The molecule has 0 saturated carbocycles. The van der Waals surface area contributed by atoms with Gasteiger partial charge in [0.1, 0.15) is 6.54 Å². The van der Waals surface area contributed by atoms with E-state index in [9.17, 15) is 13.2 Å². The second kappa shape index (κ2) is 8.89. The molecule has 0 atom stereocenters. The molecule has 32 heavy (non-hydrogen) atoms. The Morgan fingerprint density at radius 1 is 1.09 bits per heavy atom. The number of amides is 1. The maximum absolute atomic E-state index is 12.8. The molecule has 0 fully saturated rings. The third-order valence-corrected chi connectivity index (χ3v) is 6.79. The Balaban J connectivity index is 1.48. The molecule has 0 spiro atoms. The predicted octanol–water partition coefficient (Wildman–Crippen LogP) is 3.46. The van der Waals surface area contributed by atoms with Crippen LogP contribution in [0.15, 0.2) is 64.9 Å². The standard InChI is InChI=1S/C21H20N6O3S2/c1-14-5-3-6-16(11-14)25-32(29,30)17-9-8-15(2)18(12-17)22-20(28)13-27-24-21(23-26-27)19-7-4-10-31-19/h3-12,25H,13H2,1-2H3,(H,22,28). The van der Waals surface area contributed by atoms with Crippen molar-refractivity contribution in [2.75, 3.05) is 10.0 Å². The van der Waals surface area contributed by atoms with Crippen molar-refractivity contribution in [3.05, 3.63) is 71.1 Å². The SMILES string of the molecule is Cc1cccc(NS(=O)(=O)c2ccc(C)c(NC(=O)Cn3nnc(-c4cccs4)n3)c2)c1. The molecule has 0 unspecified atom stereocenters. The monoisotopic (exact) mass is 468 g/mol. The summed E-state index contributed by atoms with van der Waals surface area (Å²) in [6.07, 6.45) is 0. The van der Waals surface area contributed by atoms with Crippen molar-refractivity contribution in [2.45, 2.75) is 25.3 Å². The summed E-state index contributed by atoms with van der Waals surface area (Å²) in [4.78, 5) is 14.6. The van der Waals surface area contributed by atoms with Gasteiger partial charge < -0.3 is 5.32 Å². The molecule has 164 valence electrons. The molecule has 1 amide bonds. The minimum absolute atomic E-state index is 0.0405. The molecule has 0 radical (unpaired) electrons. The summed E-state index contributed by atoms with van der Waals surface area (Å²) in [7, 11) is -3.83. The van der Waals surface area contributed by atoms with Crippen LogP contribution in [0.1, 0.15) is 11.1 Å². The molecule has 2 N–H and O–H groups in total. The Hall–Kier alpha value is -3.57. The van der Waals surface area contributed by atoms with Crippen LogP contribution in [-0.4, -0.2) is 34.5 Å². The zero-order valence-corrected chi connectivity index (χ0v) is 18.9. The van der Waals surface area contributed by atoms with Gasteiger partial charge in [-0.05, 0) is 65.9 Å². The van der Waals surface area contributed by atoms with Gasteiger partial charge in [-0.2, -0.15) is 4.80 Å². The number of carbonyl (C=O) groups is 1. The van der Waals surface area contributed by atoms with Crippen LogP contribution < -0.4 is 10.0 Å². The number of hydrogen-bond acceptors (Lipinski definition) is 7. The van der Waals surface area contributed by atoms with Gasteiger partial charge in [-0.3, -0.25) is 9.52 Å². The summed E-state index contributed by atoms with van der Waals surface area (Å²) in [5.41, 5.74) is 2.51. The number of nitrogens with zero attached hydrogens (tertiary/aromatic N) is 4. The Kier molecular flexibility index (Phi) is 6.01. The van der Waals surface area contributed by atoms with Crippen LogP contribution >= 0.6 is 11.3 Å². The third kappa shape index (κ3) is 5.01. The van der Waals surface area contributed by atoms with E-state index in [4.69, 9.17) is 0 Å². The fourth-order valence-electron chi connectivity index (χ4n) is 2.96. The average molecular weight is 469 g/mol. The summed E-state index contributed by atoms with van der Waals surface area (Å²) < 4.78 is 28.2. The largest absolute Gasteiger partial charge is 0.324 e. The summed E-state index contributed by atoms with van der Waals surface area (Å²) >= 11 is 1.48. The van der Waals surface area contributed by atoms with Gasteiger partial charge in [-0.25, -0.2) is 8.42 Å². The van der Waals surface area contributed by atoms with Crippen molar-refractivity contribution in [3.8, 4) is 10.7 Å². The summed E-state index contributed by atoms with van der Waals surface area (Å²) in [6.45, 7) is 3.50. The van der Waals surface area contributed by atoms with E-state index in [0.717, 1.165) is 16.0 Å². The number of nitrogens with one attached hydrogen (secondary N) is 2. The van der Waals surface area contributed by atoms with E-state index in [-0.39, 0.29) is 11.4 Å². The smallest absolute Gasteiger partial charge is 0.261 e. The number of aromatic nitrogens is 4. The van der Waals surface area contributed by atoms with Crippen LogP contribution in [0.4, 0.5) is 11.4 Å². The van der Waals surface area contributed by atoms with Crippen LogP contribution in [0.2, 0.25) is 0 Å². The first-order valence-electron chi connectivity index (χ1n) is 9.62. The molecule has 0 aliphatic heterocycles. The number of aryl methyl sites for hydroxylation is 2. The highest BCUT2D eigenvalue weighted by atomic mass is 32.2. The third-order valence-electron chi connectivity index (χ3n) is 4.54. The maximum Gasteiger partial charge on any atom is 0.261 e. The molecule has 0 aliphatic rings. The minimum Gasteiger partial charge on any atom is -0.324 e. The molecule has 11 heteroatoms. The Labute approximate surface area is 189 Å². The quantitative estimate of drug-likeness (QED) is 0.429. The molecule has 2 aromatic heterocycles. The molecular weight excluding hydrogens is 448 g/mol. The highest BCUT2D eigenvalue weighted by Crippen LogP contribution is 2.23. The van der Waals surface area contributed by atoms with Gasteiger partial charge in [0.05, 0.1) is 9.77 Å². The first kappa shape index (κ1) is 21.7. The highest BCUT2D eigenvalue weighted by molar-refractivity contribution is 7.92. The minimum atomic E-state index is -3.83. The number of thiophene rings is 1. The number of carbonyl (C=O) groups excluding carboxylic acids is 1. The average Bonchev–Trinajstić information content (AvgIpc) is 3.41. The van der Waals surface area contributed by atoms with E-state index in [1.54, 1.807) is 31.2 Å². The first-order chi connectivity index (χ1) is 15.3. The van der Waals surface area contributed by atoms with Crippen molar-refractivity contribution in [1.29, 1.82) is 0 Å². The Bertz CT molecular complexity index is 1360. The van der Waals surface area contributed by atoms with Crippen molar-refractivity contribution in [1.82, 2.24) is 20.2 Å². The molecule has 9 nitrogen and oxygen atoms in total. The van der Waals surface area contributed by atoms with Crippen LogP contribution in [-0.2, 0) is 21.4 Å². The number of sulfonamides is 1. The fourth-order valence-corrected chi connectivity index (χ4v) is 4.68. The van der Waals surface area contributed by atoms with Crippen LogP contribution in [0.5, 0.6) is 0 Å². The lowest BCUT2D eigenvalue weighted by Gasteiger charge is -2.12. The van der Waals surface area contributed by atoms with E-state index in [1.807, 2.05) is 30.5 Å². The van der Waals surface area contributed by atoms with Crippen molar-refractivity contribution < 1.29 is 13.2 Å². The van der Waals surface area contributed by atoms with E-state index >= 15 is 0 Å². The highest BCUT2D eigenvalue weighted by Gasteiger charge is 2.17. The molecular formula is C21H20N6O3S2. The van der Waals surface area contributed by atoms with E-state index < -0.39 is 15.9 Å². The van der Waals surface area contributed by atoms with E-state index in [2.05, 4.69) is 25.4 Å². The van der Waals surface area contributed by atoms with Gasteiger partial charge in [0.15, 0.2) is 0 Å². The zero-order valence-electron chi connectivity index (χ0n) is 17.3.